The molecule has 2 atom stereocenters. The summed E-state index contributed by atoms with van der Waals surface area (Å²) in [6.45, 7) is 7.95. The summed E-state index contributed by atoms with van der Waals surface area (Å²) in [5.41, 5.74) is 1.43. The summed E-state index contributed by atoms with van der Waals surface area (Å²) in [7, 11) is 0. The molecule has 1 aromatic carbocycles. The molecule has 1 nitrogen and oxygen atoms in total. The number of nitrogens with one attached hydrogen (secondary N) is 1. The lowest BCUT2D eigenvalue weighted by Gasteiger charge is -2.22. The maximum absolute atomic E-state index is 3.68. The van der Waals surface area contributed by atoms with Crippen molar-refractivity contribution < 1.29 is 0 Å². The maximum atomic E-state index is 3.68. The number of hydrogen-bond donors (Lipinski definition) is 1. The van der Waals surface area contributed by atoms with E-state index >= 15 is 0 Å². The van der Waals surface area contributed by atoms with Crippen molar-refractivity contribution in [2.45, 2.75) is 51.0 Å². The first-order valence-electron chi connectivity index (χ1n) is 7.08. The van der Waals surface area contributed by atoms with Crippen LogP contribution in [0.3, 0.4) is 0 Å². The molecule has 0 saturated carbocycles. The fraction of sp³-hybridized carbons (Fsp3) is 0.625. The molecule has 0 heterocycles. The van der Waals surface area contributed by atoms with Gasteiger partial charge in [0.1, 0.15) is 0 Å². The van der Waals surface area contributed by atoms with Gasteiger partial charge in [-0.25, -0.2) is 0 Å². The van der Waals surface area contributed by atoms with Gasteiger partial charge in [0.15, 0.2) is 0 Å². The van der Waals surface area contributed by atoms with Crippen molar-refractivity contribution in [1.82, 2.24) is 5.32 Å². The quantitative estimate of drug-likeness (QED) is 0.672. The smallest absolute Gasteiger partial charge is 0.0322 e. The molecule has 102 valence electrons. The second-order valence-electron chi connectivity index (χ2n) is 5.03. The zero-order valence-corrected chi connectivity index (χ0v) is 13.0. The molecule has 2 unspecified atom stereocenters. The number of thioether (sulfide) groups is 1. The highest BCUT2D eigenvalue weighted by Crippen LogP contribution is 2.25. The molecular formula is C16H27NS. The first kappa shape index (κ1) is 15.6. The summed E-state index contributed by atoms with van der Waals surface area (Å²) in [6, 6.07) is 9.54. The molecule has 0 amide bonds. The highest BCUT2D eigenvalue weighted by molar-refractivity contribution is 7.98. The van der Waals surface area contributed by atoms with Crippen LogP contribution in [0.4, 0.5) is 0 Å². The second kappa shape index (κ2) is 8.60. The Morgan fingerprint density at radius 2 is 1.83 bits per heavy atom. The largest absolute Gasteiger partial charge is 0.310 e. The van der Waals surface area contributed by atoms with E-state index < -0.39 is 0 Å². The molecule has 0 saturated heterocycles. The van der Waals surface area contributed by atoms with Crippen molar-refractivity contribution in [3.05, 3.63) is 29.8 Å². The van der Waals surface area contributed by atoms with Crippen molar-refractivity contribution in [1.29, 1.82) is 0 Å². The van der Waals surface area contributed by atoms with Crippen LogP contribution in [0.25, 0.3) is 0 Å². The molecule has 1 N–H and O–H groups in total. The van der Waals surface area contributed by atoms with Crippen molar-refractivity contribution in [3.63, 3.8) is 0 Å². The van der Waals surface area contributed by atoms with Gasteiger partial charge in [-0.3, -0.25) is 0 Å². The van der Waals surface area contributed by atoms with E-state index in [4.69, 9.17) is 0 Å². The first-order valence-corrected chi connectivity index (χ1v) is 8.31. The summed E-state index contributed by atoms with van der Waals surface area (Å²) >= 11 is 1.81. The molecule has 0 aliphatic heterocycles. The molecule has 2 heteroatoms. The zero-order valence-electron chi connectivity index (χ0n) is 12.2. The van der Waals surface area contributed by atoms with Gasteiger partial charge in [0.05, 0.1) is 0 Å². The predicted molar refractivity (Wildman–Crippen MR) is 83.3 cm³/mol. The normalized spacial score (nSPS) is 14.4. The minimum Gasteiger partial charge on any atom is -0.310 e. The molecule has 1 aromatic rings. The molecule has 0 aliphatic carbocycles. The van der Waals surface area contributed by atoms with Gasteiger partial charge in [-0.15, -0.1) is 11.8 Å². The standard InChI is InChI=1S/C16H27NS/c1-5-11-17-16(12-13(3)6-2)14-7-9-15(18-4)10-8-14/h7-10,13,16-17H,5-6,11-12H2,1-4H3. The Morgan fingerprint density at radius 3 is 2.33 bits per heavy atom. The van der Waals surface area contributed by atoms with Crippen LogP contribution in [-0.4, -0.2) is 12.8 Å². The van der Waals surface area contributed by atoms with Gasteiger partial charge in [-0.05, 0) is 49.3 Å². The van der Waals surface area contributed by atoms with E-state index in [1.165, 1.54) is 29.7 Å². The van der Waals surface area contributed by atoms with Crippen LogP contribution in [0.15, 0.2) is 29.2 Å². The van der Waals surface area contributed by atoms with E-state index in [0.717, 1.165) is 12.5 Å². The summed E-state index contributed by atoms with van der Waals surface area (Å²) < 4.78 is 0. The topological polar surface area (TPSA) is 12.0 Å². The Kier molecular flexibility index (Phi) is 7.45. The lowest BCUT2D eigenvalue weighted by molar-refractivity contribution is 0.402. The van der Waals surface area contributed by atoms with Gasteiger partial charge < -0.3 is 5.32 Å². The van der Waals surface area contributed by atoms with Crippen molar-refractivity contribution in [2.75, 3.05) is 12.8 Å². The molecule has 0 aromatic heterocycles. The molecule has 0 aliphatic rings. The van der Waals surface area contributed by atoms with Crippen molar-refractivity contribution >= 4 is 11.8 Å². The Hall–Kier alpha value is -0.470. The van der Waals surface area contributed by atoms with Gasteiger partial charge >= 0.3 is 0 Å². The average molecular weight is 265 g/mol. The van der Waals surface area contributed by atoms with Gasteiger partial charge in [-0.1, -0.05) is 39.3 Å². The molecular weight excluding hydrogens is 238 g/mol. The molecule has 0 spiro atoms. The second-order valence-corrected chi connectivity index (χ2v) is 5.91. The van der Waals surface area contributed by atoms with Crippen molar-refractivity contribution in [3.8, 4) is 0 Å². The van der Waals surface area contributed by atoms with E-state index in [-0.39, 0.29) is 0 Å². The third kappa shape index (κ3) is 5.03. The van der Waals surface area contributed by atoms with Gasteiger partial charge in [0, 0.05) is 10.9 Å². The molecule has 18 heavy (non-hydrogen) atoms. The summed E-state index contributed by atoms with van der Waals surface area (Å²) in [5, 5.41) is 3.68. The highest BCUT2D eigenvalue weighted by atomic mass is 32.2. The van der Waals surface area contributed by atoms with Crippen molar-refractivity contribution in [2.24, 2.45) is 5.92 Å². The van der Waals surface area contributed by atoms with Crippen LogP contribution >= 0.6 is 11.8 Å². The lowest BCUT2D eigenvalue weighted by atomic mass is 9.94. The summed E-state index contributed by atoms with van der Waals surface area (Å²) in [6.07, 6.45) is 5.81. The van der Waals surface area contributed by atoms with Crippen LogP contribution in [0.5, 0.6) is 0 Å². The Balaban J connectivity index is 2.72. The predicted octanol–water partition coefficient (Wildman–Crippen LogP) is 4.89. The number of rotatable bonds is 8. The van der Waals surface area contributed by atoms with Gasteiger partial charge in [-0.2, -0.15) is 0 Å². The fourth-order valence-corrected chi connectivity index (χ4v) is 2.47. The Labute approximate surface area is 117 Å². The van der Waals surface area contributed by atoms with Crippen LogP contribution < -0.4 is 5.32 Å². The van der Waals surface area contributed by atoms with E-state index in [1.807, 2.05) is 0 Å². The fourth-order valence-electron chi connectivity index (χ4n) is 2.06. The van der Waals surface area contributed by atoms with Gasteiger partial charge in [0.25, 0.3) is 0 Å². The number of hydrogen-bond acceptors (Lipinski definition) is 2. The lowest BCUT2D eigenvalue weighted by Crippen LogP contribution is -2.23. The van der Waals surface area contributed by atoms with Crippen LogP contribution in [0.1, 0.15) is 51.6 Å². The molecule has 0 radical (unpaired) electrons. The maximum Gasteiger partial charge on any atom is 0.0322 e. The third-order valence-corrected chi connectivity index (χ3v) is 4.24. The van der Waals surface area contributed by atoms with E-state index in [2.05, 4.69) is 56.6 Å². The highest BCUT2D eigenvalue weighted by Gasteiger charge is 2.13. The minimum atomic E-state index is 0.510. The van der Waals surface area contributed by atoms with Gasteiger partial charge in [0.2, 0.25) is 0 Å². The monoisotopic (exact) mass is 265 g/mol. The minimum absolute atomic E-state index is 0.510. The molecule has 0 fully saturated rings. The SMILES string of the molecule is CCCNC(CC(C)CC)c1ccc(SC)cc1. The third-order valence-electron chi connectivity index (χ3n) is 3.49. The Bertz CT molecular complexity index is 320. The number of benzene rings is 1. The van der Waals surface area contributed by atoms with Crippen LogP contribution in [0, 0.1) is 5.92 Å². The molecule has 1 rings (SSSR count). The average Bonchev–Trinajstić information content (AvgIpc) is 2.43. The van der Waals surface area contributed by atoms with E-state index in [9.17, 15) is 0 Å². The van der Waals surface area contributed by atoms with E-state index in [1.54, 1.807) is 11.8 Å². The van der Waals surface area contributed by atoms with Crippen LogP contribution in [0.2, 0.25) is 0 Å². The first-order chi connectivity index (χ1) is 8.71. The zero-order chi connectivity index (χ0) is 13.4. The summed E-state index contributed by atoms with van der Waals surface area (Å²) in [5.74, 6) is 0.777. The van der Waals surface area contributed by atoms with Crippen LogP contribution in [-0.2, 0) is 0 Å². The summed E-state index contributed by atoms with van der Waals surface area (Å²) in [4.78, 5) is 1.34. The molecule has 0 bridgehead atoms. The van der Waals surface area contributed by atoms with E-state index in [0.29, 0.717) is 6.04 Å². The Morgan fingerprint density at radius 1 is 1.17 bits per heavy atom.